The van der Waals surface area contributed by atoms with E-state index < -0.39 is 11.9 Å². The highest BCUT2D eigenvalue weighted by Crippen LogP contribution is 1.91. The summed E-state index contributed by atoms with van der Waals surface area (Å²) in [6.45, 7) is 6.96. The van der Waals surface area contributed by atoms with Gasteiger partial charge >= 0.3 is 0 Å². The standard InChI is InChI=1S/C8H15N3O3.C3H8/c1-5(10-6(2)12)8(14)11(3)4-7(9)13;1-3-2/h5H,4H2,1-3H3,(H2,9,13)(H,10,12);3H2,1-2H3/t5-;/m0./s1. The minimum absolute atomic E-state index is 0.150. The first-order valence-corrected chi connectivity index (χ1v) is 5.56. The van der Waals surface area contributed by atoms with Gasteiger partial charge in [0.2, 0.25) is 17.7 Å². The number of primary amides is 1. The van der Waals surface area contributed by atoms with Gasteiger partial charge in [-0.05, 0) is 6.92 Å². The average molecular weight is 245 g/mol. The summed E-state index contributed by atoms with van der Waals surface area (Å²) in [6, 6.07) is -0.642. The van der Waals surface area contributed by atoms with E-state index in [0.29, 0.717) is 0 Å². The lowest BCUT2D eigenvalue weighted by Gasteiger charge is -2.20. The molecule has 1 atom stereocenters. The van der Waals surface area contributed by atoms with Gasteiger partial charge in [-0.1, -0.05) is 20.3 Å². The van der Waals surface area contributed by atoms with Gasteiger partial charge in [0.1, 0.15) is 6.04 Å². The quantitative estimate of drug-likeness (QED) is 0.722. The van der Waals surface area contributed by atoms with Crippen molar-refractivity contribution in [3.63, 3.8) is 0 Å². The molecule has 3 N–H and O–H groups in total. The number of nitrogens with zero attached hydrogens (tertiary/aromatic N) is 1. The maximum absolute atomic E-state index is 11.4. The van der Waals surface area contributed by atoms with Crippen LogP contribution in [0.5, 0.6) is 0 Å². The molecule has 3 amide bonds. The Kier molecular flexibility index (Phi) is 10.1. The summed E-state index contributed by atoms with van der Waals surface area (Å²) >= 11 is 0. The first-order valence-electron chi connectivity index (χ1n) is 5.56. The third kappa shape index (κ3) is 10.7. The largest absolute Gasteiger partial charge is 0.368 e. The van der Waals surface area contributed by atoms with Crippen molar-refractivity contribution in [3.8, 4) is 0 Å². The van der Waals surface area contributed by atoms with Crippen molar-refractivity contribution < 1.29 is 14.4 Å². The zero-order chi connectivity index (χ0) is 14.0. The molecule has 0 aliphatic carbocycles. The molecule has 6 nitrogen and oxygen atoms in total. The van der Waals surface area contributed by atoms with Crippen LogP contribution in [-0.2, 0) is 14.4 Å². The van der Waals surface area contributed by atoms with Crippen LogP contribution in [0.15, 0.2) is 0 Å². The zero-order valence-electron chi connectivity index (χ0n) is 11.2. The van der Waals surface area contributed by atoms with Crippen LogP contribution in [0.2, 0.25) is 0 Å². The van der Waals surface area contributed by atoms with Crippen molar-refractivity contribution in [3.05, 3.63) is 0 Å². The van der Waals surface area contributed by atoms with Crippen molar-refractivity contribution in [2.75, 3.05) is 13.6 Å². The first-order chi connectivity index (χ1) is 7.76. The van der Waals surface area contributed by atoms with E-state index in [1.54, 1.807) is 6.92 Å². The molecule has 0 aliphatic heterocycles. The van der Waals surface area contributed by atoms with E-state index in [-0.39, 0.29) is 18.4 Å². The Morgan fingerprint density at radius 3 is 2.00 bits per heavy atom. The van der Waals surface area contributed by atoms with Gasteiger partial charge in [-0.25, -0.2) is 0 Å². The third-order valence-electron chi connectivity index (χ3n) is 1.56. The van der Waals surface area contributed by atoms with Gasteiger partial charge in [0.15, 0.2) is 0 Å². The maximum Gasteiger partial charge on any atom is 0.245 e. The Morgan fingerprint density at radius 2 is 1.71 bits per heavy atom. The van der Waals surface area contributed by atoms with E-state index >= 15 is 0 Å². The molecule has 0 radical (unpaired) electrons. The highest BCUT2D eigenvalue weighted by Gasteiger charge is 2.18. The van der Waals surface area contributed by atoms with Crippen LogP contribution in [0.1, 0.15) is 34.1 Å². The minimum Gasteiger partial charge on any atom is -0.368 e. The van der Waals surface area contributed by atoms with Gasteiger partial charge in [-0.15, -0.1) is 0 Å². The number of amides is 3. The topological polar surface area (TPSA) is 92.5 Å². The molecule has 0 aromatic rings. The predicted octanol–water partition coefficient (Wildman–Crippen LogP) is -0.129. The van der Waals surface area contributed by atoms with Crippen LogP contribution in [-0.4, -0.2) is 42.3 Å². The molecule has 6 heteroatoms. The monoisotopic (exact) mass is 245 g/mol. The molecule has 0 fully saturated rings. The lowest BCUT2D eigenvalue weighted by atomic mass is 10.3. The van der Waals surface area contributed by atoms with E-state index in [4.69, 9.17) is 5.73 Å². The van der Waals surface area contributed by atoms with Crippen LogP contribution < -0.4 is 11.1 Å². The van der Waals surface area contributed by atoms with Gasteiger partial charge in [0.05, 0.1) is 6.54 Å². The number of carbonyl (C=O) groups is 3. The van der Waals surface area contributed by atoms with Gasteiger partial charge < -0.3 is 16.0 Å². The van der Waals surface area contributed by atoms with Crippen LogP contribution in [0.3, 0.4) is 0 Å². The molecule has 100 valence electrons. The van der Waals surface area contributed by atoms with Crippen molar-refractivity contribution in [1.82, 2.24) is 10.2 Å². The normalized spacial score (nSPS) is 10.6. The van der Waals surface area contributed by atoms with Crippen molar-refractivity contribution >= 4 is 17.7 Å². The molecular weight excluding hydrogens is 222 g/mol. The molecule has 0 aromatic carbocycles. The summed E-state index contributed by atoms with van der Waals surface area (Å²) in [4.78, 5) is 33.7. The van der Waals surface area contributed by atoms with Crippen LogP contribution in [0, 0.1) is 0 Å². The highest BCUT2D eigenvalue weighted by atomic mass is 16.2. The summed E-state index contributed by atoms with van der Waals surface area (Å²) in [7, 11) is 1.45. The highest BCUT2D eigenvalue weighted by molar-refractivity contribution is 5.89. The minimum atomic E-state index is -0.642. The molecule has 0 bridgehead atoms. The Morgan fingerprint density at radius 1 is 1.29 bits per heavy atom. The molecular formula is C11H23N3O3. The molecule has 0 spiro atoms. The number of nitrogens with two attached hydrogens (primary N) is 1. The fourth-order valence-electron chi connectivity index (χ4n) is 1.01. The van der Waals surface area contributed by atoms with Gasteiger partial charge in [0, 0.05) is 14.0 Å². The van der Waals surface area contributed by atoms with Crippen molar-refractivity contribution in [1.29, 1.82) is 0 Å². The molecule has 0 aliphatic rings. The fraction of sp³-hybridized carbons (Fsp3) is 0.727. The Balaban J connectivity index is 0. The van der Waals surface area contributed by atoms with E-state index in [1.165, 1.54) is 25.3 Å². The van der Waals surface area contributed by atoms with Crippen LogP contribution in [0.25, 0.3) is 0 Å². The number of hydrogen-bond donors (Lipinski definition) is 2. The average Bonchev–Trinajstić information content (AvgIpc) is 2.15. The summed E-state index contributed by atoms with van der Waals surface area (Å²) in [5.74, 6) is -1.23. The van der Waals surface area contributed by atoms with Crippen LogP contribution >= 0.6 is 0 Å². The number of hydrogen-bond acceptors (Lipinski definition) is 3. The number of carbonyl (C=O) groups excluding carboxylic acids is 3. The smallest absolute Gasteiger partial charge is 0.245 e. The van der Waals surface area contributed by atoms with Crippen LogP contribution in [0.4, 0.5) is 0 Å². The summed E-state index contributed by atoms with van der Waals surface area (Å²) in [5, 5.41) is 2.41. The second-order valence-electron chi connectivity index (χ2n) is 3.79. The lowest BCUT2D eigenvalue weighted by molar-refractivity contribution is -0.136. The molecule has 0 heterocycles. The SMILES string of the molecule is CC(=O)N[C@@H](C)C(=O)N(C)CC(N)=O.CCC. The number of nitrogens with one attached hydrogen (secondary N) is 1. The number of rotatable bonds is 4. The Bertz CT molecular complexity index is 243. The predicted molar refractivity (Wildman–Crippen MR) is 66.1 cm³/mol. The zero-order valence-corrected chi connectivity index (χ0v) is 11.2. The Hall–Kier alpha value is -1.59. The third-order valence-corrected chi connectivity index (χ3v) is 1.56. The molecule has 0 saturated heterocycles. The van der Waals surface area contributed by atoms with E-state index in [0.717, 1.165) is 0 Å². The molecule has 0 saturated carbocycles. The van der Waals surface area contributed by atoms with Gasteiger partial charge in [-0.3, -0.25) is 14.4 Å². The maximum atomic E-state index is 11.4. The van der Waals surface area contributed by atoms with E-state index in [2.05, 4.69) is 19.2 Å². The van der Waals surface area contributed by atoms with Gasteiger partial charge in [-0.2, -0.15) is 0 Å². The fourth-order valence-corrected chi connectivity index (χ4v) is 1.01. The number of likely N-dealkylation sites (N-methyl/N-ethyl adjacent to an activating group) is 1. The second-order valence-corrected chi connectivity index (χ2v) is 3.79. The van der Waals surface area contributed by atoms with Crippen molar-refractivity contribution in [2.45, 2.75) is 40.2 Å². The molecule has 0 aromatic heterocycles. The summed E-state index contributed by atoms with van der Waals surface area (Å²) in [6.07, 6.45) is 1.25. The molecule has 17 heavy (non-hydrogen) atoms. The summed E-state index contributed by atoms with van der Waals surface area (Å²) in [5.41, 5.74) is 4.91. The van der Waals surface area contributed by atoms with Gasteiger partial charge in [0.25, 0.3) is 0 Å². The second kappa shape index (κ2) is 9.62. The lowest BCUT2D eigenvalue weighted by Crippen LogP contribution is -2.47. The van der Waals surface area contributed by atoms with E-state index in [9.17, 15) is 14.4 Å². The Labute approximate surface area is 103 Å². The molecule has 0 unspecified atom stereocenters. The van der Waals surface area contributed by atoms with E-state index in [1.807, 2.05) is 0 Å². The van der Waals surface area contributed by atoms with Crippen molar-refractivity contribution in [2.24, 2.45) is 5.73 Å². The summed E-state index contributed by atoms with van der Waals surface area (Å²) < 4.78 is 0. The first kappa shape index (κ1) is 17.8. The molecule has 0 rings (SSSR count).